The number of halogens is 3. The molecule has 0 saturated carbocycles. The van der Waals surface area contributed by atoms with Gasteiger partial charge in [-0.05, 0) is 82.7 Å². The fraction of sp³-hybridized carbons (Fsp3) is 0.600. The number of hydrogen-bond acceptors (Lipinski definition) is 9. The van der Waals surface area contributed by atoms with Gasteiger partial charge >= 0.3 is 6.18 Å². The van der Waals surface area contributed by atoms with Crippen LogP contribution in [0.4, 0.5) is 13.2 Å². The van der Waals surface area contributed by atoms with Gasteiger partial charge < -0.3 is 29.5 Å². The minimum absolute atomic E-state index is 0.00266. The third kappa shape index (κ3) is 9.68. The summed E-state index contributed by atoms with van der Waals surface area (Å²) < 4.78 is 56.3. The number of nitrogens with zero attached hydrogens (tertiary/aromatic N) is 7. The van der Waals surface area contributed by atoms with E-state index in [1.54, 1.807) is 23.1 Å². The molecule has 4 aliphatic rings. The molecule has 1 aromatic carbocycles. The van der Waals surface area contributed by atoms with Gasteiger partial charge in [0.2, 0.25) is 17.7 Å². The molecule has 3 fully saturated rings. The van der Waals surface area contributed by atoms with Crippen molar-refractivity contribution in [3.63, 3.8) is 0 Å². The molecule has 4 aliphatic heterocycles. The normalized spacial score (nSPS) is 23.6. The molecule has 56 heavy (non-hydrogen) atoms. The fourth-order valence-corrected chi connectivity index (χ4v) is 8.41. The van der Waals surface area contributed by atoms with Gasteiger partial charge in [0.15, 0.2) is 0 Å². The third-order valence-corrected chi connectivity index (χ3v) is 11.3. The number of nitrogens with one attached hydrogen (secondary N) is 1. The van der Waals surface area contributed by atoms with Crippen molar-refractivity contribution in [1.82, 2.24) is 40.0 Å². The van der Waals surface area contributed by atoms with Crippen molar-refractivity contribution in [3.05, 3.63) is 59.4 Å². The van der Waals surface area contributed by atoms with Gasteiger partial charge in [0.1, 0.15) is 11.7 Å². The van der Waals surface area contributed by atoms with Gasteiger partial charge in [0.25, 0.3) is 5.91 Å². The molecule has 13 nitrogen and oxygen atoms in total. The lowest BCUT2D eigenvalue weighted by atomic mass is 9.80. The molecule has 0 unspecified atom stereocenters. The van der Waals surface area contributed by atoms with Gasteiger partial charge in [-0.1, -0.05) is 23.8 Å². The molecule has 6 heterocycles. The maximum absolute atomic E-state index is 14.5. The summed E-state index contributed by atoms with van der Waals surface area (Å²) in [6.45, 7) is 8.62. The van der Waals surface area contributed by atoms with E-state index in [1.807, 2.05) is 24.7 Å². The van der Waals surface area contributed by atoms with E-state index in [0.717, 1.165) is 38.3 Å². The average Bonchev–Trinajstić information content (AvgIpc) is 3.83. The zero-order valence-corrected chi connectivity index (χ0v) is 32.0. The molecule has 2 aromatic heterocycles. The van der Waals surface area contributed by atoms with Gasteiger partial charge in [-0.2, -0.15) is 13.2 Å². The summed E-state index contributed by atoms with van der Waals surface area (Å²) in [6, 6.07) is 7.21. The quantitative estimate of drug-likeness (QED) is 0.325. The smallest absolute Gasteiger partial charge is 0.416 e. The van der Waals surface area contributed by atoms with Gasteiger partial charge in [-0.25, -0.2) is 4.98 Å². The predicted octanol–water partition coefficient (Wildman–Crippen LogP) is 4.81. The molecule has 302 valence electrons. The summed E-state index contributed by atoms with van der Waals surface area (Å²) in [4.78, 5) is 51.8. The molecular weight excluding hydrogens is 729 g/mol. The van der Waals surface area contributed by atoms with Crippen LogP contribution >= 0.6 is 0 Å². The van der Waals surface area contributed by atoms with Crippen LogP contribution in [0.15, 0.2) is 42.6 Å². The Hall–Kier alpha value is -4.57. The lowest BCUT2D eigenvalue weighted by molar-refractivity contribution is -0.139. The summed E-state index contributed by atoms with van der Waals surface area (Å²) in [5.41, 5.74) is 0.238. The van der Waals surface area contributed by atoms with Crippen LogP contribution in [-0.2, 0) is 33.7 Å². The van der Waals surface area contributed by atoms with E-state index in [1.165, 1.54) is 30.2 Å². The Morgan fingerprint density at radius 2 is 1.82 bits per heavy atom. The number of benzene rings is 1. The SMILES string of the molecule is CC(C)NC(=O)C[C@@H]1CCN2C[C@@H]1CCOc1cc(C(F)(F)F)cc(n1)-c1cccc(c1)C(=O)N1C[C@H](OCc3cn(CCN4CCCCC4)nn3)C[C@H]1C2=O. The summed E-state index contributed by atoms with van der Waals surface area (Å²) in [6.07, 6.45) is 1.85. The highest BCUT2D eigenvalue weighted by Crippen LogP contribution is 2.36. The molecule has 3 amide bonds. The molecule has 0 spiro atoms. The van der Waals surface area contributed by atoms with E-state index in [-0.39, 0.29) is 79.4 Å². The molecule has 7 rings (SSSR count). The number of rotatable bonds is 9. The molecule has 6 bridgehead atoms. The second kappa shape index (κ2) is 17.3. The van der Waals surface area contributed by atoms with Crippen LogP contribution in [0.2, 0.25) is 0 Å². The Balaban J connectivity index is 1.14. The minimum Gasteiger partial charge on any atom is -0.478 e. The summed E-state index contributed by atoms with van der Waals surface area (Å²) >= 11 is 0. The van der Waals surface area contributed by atoms with Gasteiger partial charge in [-0.3, -0.25) is 19.1 Å². The van der Waals surface area contributed by atoms with Crippen LogP contribution in [0, 0.1) is 11.8 Å². The van der Waals surface area contributed by atoms with E-state index in [4.69, 9.17) is 9.47 Å². The van der Waals surface area contributed by atoms with E-state index in [2.05, 4.69) is 25.5 Å². The lowest BCUT2D eigenvalue weighted by Crippen LogP contribution is -2.52. The Bertz CT molecular complexity index is 1860. The topological polar surface area (TPSA) is 135 Å². The number of ether oxygens (including phenoxy) is 2. The molecule has 16 heteroatoms. The van der Waals surface area contributed by atoms with Crippen molar-refractivity contribution in [2.24, 2.45) is 11.8 Å². The van der Waals surface area contributed by atoms with Crippen LogP contribution in [0.3, 0.4) is 0 Å². The van der Waals surface area contributed by atoms with Crippen LogP contribution in [0.5, 0.6) is 5.88 Å². The highest BCUT2D eigenvalue weighted by atomic mass is 19.4. The Labute approximate surface area is 324 Å². The highest BCUT2D eigenvalue weighted by Gasteiger charge is 2.44. The standard InChI is InChI=1S/C40H51F3N8O5/c1-26(2)44-36(52)18-27-9-13-49-22-30(27)10-16-55-37-20-31(40(41,42)43)19-34(45-37)28-7-6-8-29(17-28)38(53)51-24-33(21-35(51)39(49)54)56-25-32-23-50(47-46-32)15-14-48-11-4-3-5-12-48/h6-8,17,19-20,23,26-27,30,33,35H,3-5,9-16,18,21-22,24-25H2,1-2H3,(H,44,52)/t27-,30-,33+,35-/m0/s1. The average molecular weight is 781 g/mol. The Morgan fingerprint density at radius 1 is 1.02 bits per heavy atom. The van der Waals surface area contributed by atoms with Crippen molar-refractivity contribution in [1.29, 1.82) is 0 Å². The number of likely N-dealkylation sites (tertiary alicyclic amines) is 1. The molecule has 4 atom stereocenters. The number of aromatic nitrogens is 4. The van der Waals surface area contributed by atoms with Crippen molar-refractivity contribution in [2.45, 2.75) is 96.3 Å². The first-order valence-corrected chi connectivity index (χ1v) is 19.8. The molecule has 0 aliphatic carbocycles. The largest absolute Gasteiger partial charge is 0.478 e. The van der Waals surface area contributed by atoms with Crippen molar-refractivity contribution in [3.8, 4) is 17.1 Å². The first-order chi connectivity index (χ1) is 26.9. The number of amides is 3. The zero-order chi connectivity index (χ0) is 39.4. The Morgan fingerprint density at radius 3 is 2.61 bits per heavy atom. The first-order valence-electron chi connectivity index (χ1n) is 19.8. The van der Waals surface area contributed by atoms with Gasteiger partial charge in [-0.15, -0.1) is 5.10 Å². The first kappa shape index (κ1) is 39.7. The minimum atomic E-state index is -4.66. The van der Waals surface area contributed by atoms with Crippen molar-refractivity contribution < 1.29 is 37.0 Å². The molecule has 1 N–H and O–H groups in total. The molecular formula is C40H51F3N8O5. The number of fused-ring (bicyclic) bond motifs is 8. The highest BCUT2D eigenvalue weighted by molar-refractivity contribution is 5.99. The molecule has 3 aromatic rings. The Kier molecular flexibility index (Phi) is 12.2. The number of carbonyl (C=O) groups is 3. The number of hydrogen-bond donors (Lipinski definition) is 1. The number of alkyl halides is 3. The fourth-order valence-electron chi connectivity index (χ4n) is 8.41. The maximum Gasteiger partial charge on any atom is 0.416 e. The third-order valence-electron chi connectivity index (χ3n) is 11.3. The molecule has 0 radical (unpaired) electrons. The van der Waals surface area contributed by atoms with Gasteiger partial charge in [0.05, 0.1) is 43.3 Å². The van der Waals surface area contributed by atoms with E-state index in [0.29, 0.717) is 37.2 Å². The van der Waals surface area contributed by atoms with E-state index >= 15 is 0 Å². The number of pyridine rings is 1. The summed E-state index contributed by atoms with van der Waals surface area (Å²) in [7, 11) is 0. The van der Waals surface area contributed by atoms with E-state index in [9.17, 15) is 27.6 Å². The molecule has 3 saturated heterocycles. The number of carbonyl (C=O) groups excluding carboxylic acids is 3. The van der Waals surface area contributed by atoms with Crippen LogP contribution < -0.4 is 10.1 Å². The maximum atomic E-state index is 14.5. The monoisotopic (exact) mass is 780 g/mol. The second-order valence-corrected chi connectivity index (χ2v) is 15.8. The van der Waals surface area contributed by atoms with Gasteiger partial charge in [0, 0.05) is 62.3 Å². The lowest BCUT2D eigenvalue weighted by Gasteiger charge is -2.40. The van der Waals surface area contributed by atoms with Crippen LogP contribution in [-0.4, -0.2) is 116 Å². The van der Waals surface area contributed by atoms with Crippen LogP contribution in [0.1, 0.15) is 80.4 Å². The predicted molar refractivity (Wildman–Crippen MR) is 199 cm³/mol. The van der Waals surface area contributed by atoms with Crippen molar-refractivity contribution in [2.75, 3.05) is 45.9 Å². The summed E-state index contributed by atoms with van der Waals surface area (Å²) in [5.74, 6) is -1.21. The zero-order valence-electron chi connectivity index (χ0n) is 32.0. The number of piperidine rings is 2. The second-order valence-electron chi connectivity index (χ2n) is 15.8. The summed E-state index contributed by atoms with van der Waals surface area (Å²) in [5, 5.41) is 11.5. The van der Waals surface area contributed by atoms with Crippen LogP contribution in [0.25, 0.3) is 11.3 Å². The van der Waals surface area contributed by atoms with Crippen molar-refractivity contribution >= 4 is 17.7 Å². The van der Waals surface area contributed by atoms with E-state index < -0.39 is 29.8 Å².